The highest BCUT2D eigenvalue weighted by Crippen LogP contribution is 2.22. The molecule has 19 heavy (non-hydrogen) atoms. The molecule has 0 saturated carbocycles. The van der Waals surface area contributed by atoms with Gasteiger partial charge in [-0.1, -0.05) is 13.8 Å². The van der Waals surface area contributed by atoms with Gasteiger partial charge in [-0.2, -0.15) is 17.4 Å². The summed E-state index contributed by atoms with van der Waals surface area (Å²) < 4.78 is 32.7. The molecule has 0 aliphatic carbocycles. The monoisotopic (exact) mass is 294 g/mol. The number of carboxylic acids is 1. The maximum atomic E-state index is 12.0. The third-order valence-corrected chi connectivity index (χ3v) is 4.48. The minimum atomic E-state index is -3.49. The summed E-state index contributed by atoms with van der Waals surface area (Å²) >= 11 is 0. The Labute approximate surface area is 114 Å². The van der Waals surface area contributed by atoms with E-state index in [0.717, 1.165) is 6.42 Å². The van der Waals surface area contributed by atoms with Gasteiger partial charge in [0.2, 0.25) is 0 Å². The Morgan fingerprint density at radius 1 is 1.37 bits per heavy atom. The van der Waals surface area contributed by atoms with Gasteiger partial charge >= 0.3 is 5.97 Å². The number of nitrogens with one attached hydrogen (secondary N) is 1. The largest absolute Gasteiger partial charge is 0.480 e. The number of piperidine rings is 1. The van der Waals surface area contributed by atoms with Crippen molar-refractivity contribution >= 4 is 16.2 Å². The molecular formula is C11H22N2O5S. The predicted molar refractivity (Wildman–Crippen MR) is 69.9 cm³/mol. The highest BCUT2D eigenvalue weighted by Gasteiger charge is 2.29. The minimum absolute atomic E-state index is 0.0461. The van der Waals surface area contributed by atoms with Gasteiger partial charge in [0.05, 0.1) is 6.61 Å². The Kier molecular flexibility index (Phi) is 6.18. The first-order chi connectivity index (χ1) is 8.81. The van der Waals surface area contributed by atoms with Crippen LogP contribution in [0.15, 0.2) is 0 Å². The van der Waals surface area contributed by atoms with Gasteiger partial charge in [0.15, 0.2) is 0 Å². The lowest BCUT2D eigenvalue weighted by Gasteiger charge is -2.33. The first kappa shape index (κ1) is 16.4. The van der Waals surface area contributed by atoms with E-state index in [1.54, 1.807) is 0 Å². The lowest BCUT2D eigenvalue weighted by molar-refractivity contribution is -0.142. The summed E-state index contributed by atoms with van der Waals surface area (Å²) in [5, 5.41) is 8.36. The zero-order valence-corrected chi connectivity index (χ0v) is 12.1. The second kappa shape index (κ2) is 7.18. The lowest BCUT2D eigenvalue weighted by atomic mass is 9.94. The smallest absolute Gasteiger partial charge is 0.329 e. The van der Waals surface area contributed by atoms with E-state index < -0.39 is 22.8 Å². The van der Waals surface area contributed by atoms with Crippen molar-refractivity contribution in [2.45, 2.75) is 20.3 Å². The number of carboxylic acid groups (broad SMARTS) is 1. The molecule has 8 heteroatoms. The molecule has 1 rings (SSSR count). The number of ether oxygens (including phenoxy) is 1. The fourth-order valence-corrected chi connectivity index (χ4v) is 3.72. The number of rotatable bonds is 7. The van der Waals surface area contributed by atoms with Crippen molar-refractivity contribution in [1.29, 1.82) is 0 Å². The summed E-state index contributed by atoms with van der Waals surface area (Å²) in [6.45, 7) is 4.83. The zero-order valence-electron chi connectivity index (χ0n) is 11.3. The van der Waals surface area contributed by atoms with Crippen LogP contribution in [0.1, 0.15) is 20.3 Å². The van der Waals surface area contributed by atoms with E-state index in [2.05, 4.69) is 4.72 Å². The zero-order chi connectivity index (χ0) is 14.5. The Morgan fingerprint density at radius 2 is 1.95 bits per heavy atom. The molecule has 1 fully saturated rings. The predicted octanol–water partition coefficient (Wildman–Crippen LogP) is -0.100. The van der Waals surface area contributed by atoms with Gasteiger partial charge in [0, 0.05) is 19.6 Å². The van der Waals surface area contributed by atoms with Crippen LogP contribution in [0.4, 0.5) is 0 Å². The standard InChI is InChI=1S/C11H22N2O5S/c1-9-5-10(2)7-13(6-9)19(16,17)12-3-4-18-8-11(14)15/h9-10,12H,3-8H2,1-2H3,(H,14,15). The lowest BCUT2D eigenvalue weighted by Crippen LogP contribution is -2.48. The molecule has 0 amide bonds. The normalized spacial score (nSPS) is 25.4. The van der Waals surface area contributed by atoms with E-state index in [-0.39, 0.29) is 13.2 Å². The van der Waals surface area contributed by atoms with Crippen LogP contribution in [0, 0.1) is 11.8 Å². The minimum Gasteiger partial charge on any atom is -0.480 e. The van der Waals surface area contributed by atoms with Crippen molar-refractivity contribution in [3.8, 4) is 0 Å². The first-order valence-electron chi connectivity index (χ1n) is 6.35. The summed E-state index contributed by atoms with van der Waals surface area (Å²) in [7, 11) is -3.49. The van der Waals surface area contributed by atoms with E-state index in [9.17, 15) is 13.2 Å². The van der Waals surface area contributed by atoms with Crippen LogP contribution in [-0.2, 0) is 19.7 Å². The second-order valence-corrected chi connectivity index (χ2v) is 6.86. The molecular weight excluding hydrogens is 272 g/mol. The van der Waals surface area contributed by atoms with Crippen LogP contribution in [-0.4, -0.2) is 56.6 Å². The van der Waals surface area contributed by atoms with Crippen LogP contribution >= 0.6 is 0 Å². The van der Waals surface area contributed by atoms with Crippen LogP contribution in [0.2, 0.25) is 0 Å². The van der Waals surface area contributed by atoms with Gasteiger partial charge in [0.25, 0.3) is 10.2 Å². The molecule has 2 atom stereocenters. The molecule has 0 aromatic heterocycles. The third-order valence-electron chi connectivity index (χ3n) is 2.93. The molecule has 0 aromatic rings. The van der Waals surface area contributed by atoms with E-state index in [4.69, 9.17) is 9.84 Å². The van der Waals surface area contributed by atoms with Gasteiger partial charge in [-0.05, 0) is 18.3 Å². The Hall–Kier alpha value is -0.700. The highest BCUT2D eigenvalue weighted by atomic mass is 32.2. The van der Waals surface area contributed by atoms with Gasteiger partial charge in [-0.15, -0.1) is 0 Å². The van der Waals surface area contributed by atoms with Crippen LogP contribution in [0.5, 0.6) is 0 Å². The second-order valence-electron chi connectivity index (χ2n) is 5.11. The average molecular weight is 294 g/mol. The summed E-state index contributed by atoms with van der Waals surface area (Å²) in [5.74, 6) is -0.367. The van der Waals surface area contributed by atoms with Crippen molar-refractivity contribution in [1.82, 2.24) is 9.03 Å². The molecule has 0 bridgehead atoms. The maximum absolute atomic E-state index is 12.0. The molecule has 7 nitrogen and oxygen atoms in total. The summed E-state index contributed by atoms with van der Waals surface area (Å²) in [6.07, 6.45) is 1.04. The fraction of sp³-hybridized carbons (Fsp3) is 0.909. The molecule has 1 aliphatic rings. The van der Waals surface area contributed by atoms with Crippen molar-refractivity contribution in [2.75, 3.05) is 32.8 Å². The van der Waals surface area contributed by atoms with Gasteiger partial charge in [0.1, 0.15) is 6.61 Å². The Balaban J connectivity index is 2.36. The molecule has 2 unspecified atom stereocenters. The molecule has 112 valence electrons. The van der Waals surface area contributed by atoms with Crippen LogP contribution < -0.4 is 4.72 Å². The summed E-state index contributed by atoms with van der Waals surface area (Å²) in [4.78, 5) is 10.2. The summed E-state index contributed by atoms with van der Waals surface area (Å²) in [6, 6.07) is 0. The molecule has 0 radical (unpaired) electrons. The fourth-order valence-electron chi connectivity index (χ4n) is 2.30. The average Bonchev–Trinajstić information content (AvgIpc) is 2.26. The molecule has 1 aliphatic heterocycles. The number of hydrogen-bond acceptors (Lipinski definition) is 4. The Morgan fingerprint density at radius 3 is 2.47 bits per heavy atom. The maximum Gasteiger partial charge on any atom is 0.329 e. The molecule has 1 saturated heterocycles. The number of nitrogens with zero attached hydrogens (tertiary/aromatic N) is 1. The molecule has 2 N–H and O–H groups in total. The molecule has 0 spiro atoms. The van der Waals surface area contributed by atoms with Gasteiger partial charge < -0.3 is 9.84 Å². The quantitative estimate of drug-likeness (QED) is 0.639. The highest BCUT2D eigenvalue weighted by molar-refractivity contribution is 7.87. The number of hydrogen-bond donors (Lipinski definition) is 2. The molecule has 0 aromatic carbocycles. The Bertz CT molecular complexity index is 388. The van der Waals surface area contributed by atoms with Crippen molar-refractivity contribution in [3.63, 3.8) is 0 Å². The SMILES string of the molecule is CC1CC(C)CN(S(=O)(=O)NCCOCC(=O)O)C1. The topological polar surface area (TPSA) is 95.9 Å². The van der Waals surface area contributed by atoms with Crippen molar-refractivity contribution in [3.05, 3.63) is 0 Å². The first-order valence-corrected chi connectivity index (χ1v) is 7.79. The van der Waals surface area contributed by atoms with Crippen LogP contribution in [0.3, 0.4) is 0 Å². The number of carbonyl (C=O) groups is 1. The van der Waals surface area contributed by atoms with E-state index in [1.165, 1.54) is 4.31 Å². The van der Waals surface area contributed by atoms with Crippen LogP contribution in [0.25, 0.3) is 0 Å². The molecule has 1 heterocycles. The van der Waals surface area contributed by atoms with E-state index in [1.807, 2.05) is 13.8 Å². The van der Waals surface area contributed by atoms with E-state index >= 15 is 0 Å². The van der Waals surface area contributed by atoms with Gasteiger partial charge in [-0.25, -0.2) is 4.79 Å². The number of aliphatic carboxylic acids is 1. The van der Waals surface area contributed by atoms with Gasteiger partial charge in [-0.3, -0.25) is 0 Å². The third kappa shape index (κ3) is 5.85. The van der Waals surface area contributed by atoms with Crippen molar-refractivity contribution in [2.24, 2.45) is 11.8 Å². The van der Waals surface area contributed by atoms with Crippen molar-refractivity contribution < 1.29 is 23.1 Å². The van der Waals surface area contributed by atoms with E-state index in [0.29, 0.717) is 24.9 Å². The summed E-state index contributed by atoms with van der Waals surface area (Å²) in [5.41, 5.74) is 0.